The van der Waals surface area contributed by atoms with Crippen molar-refractivity contribution in [2.24, 2.45) is 0 Å². The molecular weight excluding hydrogens is 180 g/mol. The number of carbonyl (C=O) groups is 1. The van der Waals surface area contributed by atoms with Gasteiger partial charge in [-0.25, -0.2) is 4.79 Å². The Bertz CT molecular complexity index is 337. The molecular formula is C10H14N2O2. The van der Waals surface area contributed by atoms with Crippen molar-refractivity contribution in [3.05, 3.63) is 23.8 Å². The molecule has 3 N–H and O–H groups in total. The monoisotopic (exact) mass is 194 g/mol. The molecule has 14 heavy (non-hydrogen) atoms. The van der Waals surface area contributed by atoms with Crippen molar-refractivity contribution < 1.29 is 9.90 Å². The van der Waals surface area contributed by atoms with Crippen LogP contribution in [0.2, 0.25) is 0 Å². The number of aryl methyl sites for hydroxylation is 1. The number of urea groups is 1. The Balaban J connectivity index is 2.72. The number of anilines is 1. The van der Waals surface area contributed by atoms with Crippen molar-refractivity contribution >= 4 is 11.7 Å². The minimum Gasteiger partial charge on any atom is -0.506 e. The summed E-state index contributed by atoms with van der Waals surface area (Å²) >= 11 is 0. The van der Waals surface area contributed by atoms with Crippen LogP contribution in [0.1, 0.15) is 12.5 Å². The van der Waals surface area contributed by atoms with Gasteiger partial charge in [0.25, 0.3) is 0 Å². The summed E-state index contributed by atoms with van der Waals surface area (Å²) in [7, 11) is 0. The molecule has 2 amide bonds. The Kier molecular flexibility index (Phi) is 3.34. The molecule has 1 rings (SSSR count). The van der Waals surface area contributed by atoms with E-state index >= 15 is 0 Å². The fourth-order valence-corrected chi connectivity index (χ4v) is 1.07. The number of hydrogen-bond donors (Lipinski definition) is 3. The molecule has 0 aromatic heterocycles. The van der Waals surface area contributed by atoms with Crippen molar-refractivity contribution in [1.82, 2.24) is 5.32 Å². The lowest BCUT2D eigenvalue weighted by Gasteiger charge is -2.07. The normalized spacial score (nSPS) is 9.57. The molecule has 0 fully saturated rings. The van der Waals surface area contributed by atoms with Gasteiger partial charge in [-0.3, -0.25) is 0 Å². The van der Waals surface area contributed by atoms with E-state index in [4.69, 9.17) is 0 Å². The quantitative estimate of drug-likeness (QED) is 0.629. The van der Waals surface area contributed by atoms with Crippen LogP contribution in [0, 0.1) is 6.92 Å². The largest absolute Gasteiger partial charge is 0.506 e. The maximum absolute atomic E-state index is 11.1. The molecule has 4 heteroatoms. The maximum Gasteiger partial charge on any atom is 0.319 e. The van der Waals surface area contributed by atoms with Crippen LogP contribution in [0.4, 0.5) is 10.5 Å². The highest BCUT2D eigenvalue weighted by Gasteiger charge is 2.04. The SMILES string of the molecule is CCNC(=O)Nc1ccc(C)cc1O. The molecule has 1 aromatic rings. The average molecular weight is 194 g/mol. The summed E-state index contributed by atoms with van der Waals surface area (Å²) in [6, 6.07) is 4.77. The van der Waals surface area contributed by atoms with Crippen LogP contribution < -0.4 is 10.6 Å². The van der Waals surface area contributed by atoms with Gasteiger partial charge in [0.05, 0.1) is 5.69 Å². The number of nitrogens with one attached hydrogen (secondary N) is 2. The fraction of sp³-hybridized carbons (Fsp3) is 0.300. The first kappa shape index (κ1) is 10.4. The van der Waals surface area contributed by atoms with Crippen LogP contribution in [-0.4, -0.2) is 17.7 Å². The topological polar surface area (TPSA) is 61.4 Å². The molecule has 0 radical (unpaired) electrons. The fourth-order valence-electron chi connectivity index (χ4n) is 1.07. The number of aromatic hydroxyl groups is 1. The van der Waals surface area contributed by atoms with E-state index in [1.165, 1.54) is 0 Å². The van der Waals surface area contributed by atoms with Crippen LogP contribution >= 0.6 is 0 Å². The molecule has 0 atom stereocenters. The first-order chi connectivity index (χ1) is 6.63. The third kappa shape index (κ3) is 2.65. The van der Waals surface area contributed by atoms with Gasteiger partial charge in [0.2, 0.25) is 0 Å². The second kappa shape index (κ2) is 4.50. The Morgan fingerprint density at radius 1 is 1.50 bits per heavy atom. The smallest absolute Gasteiger partial charge is 0.319 e. The average Bonchev–Trinajstić information content (AvgIpc) is 2.10. The molecule has 0 aliphatic carbocycles. The lowest BCUT2D eigenvalue weighted by molar-refractivity contribution is 0.252. The van der Waals surface area contributed by atoms with Gasteiger partial charge in [-0.1, -0.05) is 6.07 Å². The van der Waals surface area contributed by atoms with Crippen molar-refractivity contribution in [1.29, 1.82) is 0 Å². The first-order valence-electron chi connectivity index (χ1n) is 4.48. The third-order valence-electron chi connectivity index (χ3n) is 1.74. The van der Waals surface area contributed by atoms with E-state index in [1.54, 1.807) is 12.1 Å². The predicted molar refractivity (Wildman–Crippen MR) is 55.5 cm³/mol. The minimum absolute atomic E-state index is 0.0799. The van der Waals surface area contributed by atoms with E-state index < -0.39 is 0 Å². The van der Waals surface area contributed by atoms with E-state index in [9.17, 15) is 9.90 Å². The number of hydrogen-bond acceptors (Lipinski definition) is 2. The van der Waals surface area contributed by atoms with E-state index in [2.05, 4.69) is 10.6 Å². The summed E-state index contributed by atoms with van der Waals surface area (Å²) in [4.78, 5) is 11.1. The number of phenolic OH excluding ortho intramolecular Hbond substituents is 1. The Morgan fingerprint density at radius 3 is 2.79 bits per heavy atom. The highest BCUT2D eigenvalue weighted by atomic mass is 16.3. The summed E-state index contributed by atoms with van der Waals surface area (Å²) in [5, 5.41) is 14.6. The molecule has 0 saturated carbocycles. The second-order valence-electron chi connectivity index (χ2n) is 3.01. The van der Waals surface area contributed by atoms with Crippen LogP contribution in [0.15, 0.2) is 18.2 Å². The third-order valence-corrected chi connectivity index (χ3v) is 1.74. The Labute approximate surface area is 82.9 Å². The maximum atomic E-state index is 11.1. The standard InChI is InChI=1S/C10H14N2O2/c1-3-11-10(14)12-8-5-4-7(2)6-9(8)13/h4-6,13H,3H2,1-2H3,(H2,11,12,14). The Morgan fingerprint density at radius 2 is 2.21 bits per heavy atom. The summed E-state index contributed by atoms with van der Waals surface area (Å²) in [5.74, 6) is 0.0799. The van der Waals surface area contributed by atoms with E-state index in [1.807, 2.05) is 19.9 Å². The molecule has 1 aromatic carbocycles. The second-order valence-corrected chi connectivity index (χ2v) is 3.01. The van der Waals surface area contributed by atoms with E-state index in [-0.39, 0.29) is 11.8 Å². The van der Waals surface area contributed by atoms with Gasteiger partial charge in [-0.05, 0) is 31.5 Å². The number of rotatable bonds is 2. The molecule has 0 spiro atoms. The summed E-state index contributed by atoms with van der Waals surface area (Å²) in [6.45, 7) is 4.25. The lowest BCUT2D eigenvalue weighted by Crippen LogP contribution is -2.28. The van der Waals surface area contributed by atoms with Crippen LogP contribution in [0.25, 0.3) is 0 Å². The molecule has 0 unspecified atom stereocenters. The molecule has 0 heterocycles. The lowest BCUT2D eigenvalue weighted by atomic mass is 10.2. The highest BCUT2D eigenvalue weighted by Crippen LogP contribution is 2.23. The van der Waals surface area contributed by atoms with Crippen LogP contribution in [0.3, 0.4) is 0 Å². The molecule has 0 aliphatic rings. The molecule has 4 nitrogen and oxygen atoms in total. The zero-order valence-corrected chi connectivity index (χ0v) is 8.29. The number of amides is 2. The van der Waals surface area contributed by atoms with Crippen LogP contribution in [-0.2, 0) is 0 Å². The van der Waals surface area contributed by atoms with Gasteiger partial charge in [0, 0.05) is 6.54 Å². The minimum atomic E-state index is -0.313. The molecule has 76 valence electrons. The van der Waals surface area contributed by atoms with Gasteiger partial charge >= 0.3 is 6.03 Å². The van der Waals surface area contributed by atoms with Crippen molar-refractivity contribution in [3.8, 4) is 5.75 Å². The van der Waals surface area contributed by atoms with Crippen molar-refractivity contribution in [2.75, 3.05) is 11.9 Å². The first-order valence-corrected chi connectivity index (χ1v) is 4.48. The van der Waals surface area contributed by atoms with Gasteiger partial charge in [-0.2, -0.15) is 0 Å². The van der Waals surface area contributed by atoms with Gasteiger partial charge in [0.1, 0.15) is 5.75 Å². The molecule has 0 saturated heterocycles. The zero-order valence-electron chi connectivity index (χ0n) is 8.29. The summed E-state index contributed by atoms with van der Waals surface area (Å²) in [5.41, 5.74) is 1.37. The summed E-state index contributed by atoms with van der Waals surface area (Å²) < 4.78 is 0. The molecule has 0 bridgehead atoms. The number of carbonyl (C=O) groups excluding carboxylic acids is 1. The van der Waals surface area contributed by atoms with E-state index in [0.717, 1.165) is 5.56 Å². The number of phenols is 1. The van der Waals surface area contributed by atoms with Gasteiger partial charge < -0.3 is 15.7 Å². The van der Waals surface area contributed by atoms with Crippen molar-refractivity contribution in [3.63, 3.8) is 0 Å². The molecule has 0 aliphatic heterocycles. The van der Waals surface area contributed by atoms with Gasteiger partial charge in [0.15, 0.2) is 0 Å². The van der Waals surface area contributed by atoms with Gasteiger partial charge in [-0.15, -0.1) is 0 Å². The van der Waals surface area contributed by atoms with Crippen LogP contribution in [0.5, 0.6) is 5.75 Å². The zero-order chi connectivity index (χ0) is 10.6. The number of benzene rings is 1. The summed E-state index contributed by atoms with van der Waals surface area (Å²) in [6.07, 6.45) is 0. The Hall–Kier alpha value is -1.71. The van der Waals surface area contributed by atoms with Crippen molar-refractivity contribution in [2.45, 2.75) is 13.8 Å². The predicted octanol–water partition coefficient (Wildman–Crippen LogP) is 1.84. The highest BCUT2D eigenvalue weighted by molar-refractivity contribution is 5.90. The van der Waals surface area contributed by atoms with E-state index in [0.29, 0.717) is 12.2 Å².